The van der Waals surface area contributed by atoms with Gasteiger partial charge in [0.1, 0.15) is 0 Å². The Balaban J connectivity index is 2.49. The lowest BCUT2D eigenvalue weighted by Crippen LogP contribution is -2.19. The summed E-state index contributed by atoms with van der Waals surface area (Å²) in [6.45, 7) is 6.02. The molecule has 0 aliphatic heterocycles. The first-order valence-corrected chi connectivity index (χ1v) is 6.48. The van der Waals surface area contributed by atoms with Crippen molar-refractivity contribution in [1.82, 2.24) is 4.98 Å². The number of pyridine rings is 1. The molecule has 0 N–H and O–H groups in total. The summed E-state index contributed by atoms with van der Waals surface area (Å²) in [6, 6.07) is 9.99. The van der Waals surface area contributed by atoms with Crippen LogP contribution in [0.25, 0.3) is 10.9 Å². The summed E-state index contributed by atoms with van der Waals surface area (Å²) < 4.78 is 4.90. The van der Waals surface area contributed by atoms with Crippen LogP contribution in [-0.2, 0) is 9.53 Å². The third kappa shape index (κ3) is 2.75. The van der Waals surface area contributed by atoms with Crippen molar-refractivity contribution in [2.75, 3.05) is 7.11 Å². The molecule has 0 fully saturated rings. The van der Waals surface area contributed by atoms with Gasteiger partial charge in [-0.2, -0.15) is 0 Å². The van der Waals surface area contributed by atoms with Crippen LogP contribution in [-0.4, -0.2) is 18.1 Å². The first kappa shape index (κ1) is 13.5. The average molecular weight is 257 g/mol. The van der Waals surface area contributed by atoms with Crippen molar-refractivity contribution in [3.63, 3.8) is 0 Å². The maximum absolute atomic E-state index is 11.9. The summed E-state index contributed by atoms with van der Waals surface area (Å²) in [5, 5.41) is 1.05. The van der Waals surface area contributed by atoms with Crippen LogP contribution in [0, 0.1) is 12.8 Å². The Hall–Kier alpha value is -1.90. The van der Waals surface area contributed by atoms with Gasteiger partial charge in [-0.1, -0.05) is 26.0 Å². The second-order valence-electron chi connectivity index (χ2n) is 5.15. The molecule has 3 nitrogen and oxygen atoms in total. The second-order valence-corrected chi connectivity index (χ2v) is 5.15. The summed E-state index contributed by atoms with van der Waals surface area (Å²) in [5.74, 6) is -0.214. The number of carbonyl (C=O) groups is 1. The molecule has 2 rings (SSSR count). The maximum Gasteiger partial charge on any atom is 0.313 e. The number of methoxy groups -OCH3 is 1. The molecule has 0 radical (unpaired) electrons. The lowest BCUT2D eigenvalue weighted by Gasteiger charge is -2.19. The van der Waals surface area contributed by atoms with Crippen molar-refractivity contribution in [2.24, 2.45) is 5.92 Å². The molecular weight excluding hydrogens is 238 g/mol. The fourth-order valence-corrected chi connectivity index (χ4v) is 2.36. The topological polar surface area (TPSA) is 39.2 Å². The van der Waals surface area contributed by atoms with Crippen LogP contribution < -0.4 is 0 Å². The smallest absolute Gasteiger partial charge is 0.313 e. The molecule has 0 saturated carbocycles. The number of nitrogens with zero attached hydrogens (tertiary/aromatic N) is 1. The van der Waals surface area contributed by atoms with E-state index in [1.165, 1.54) is 7.11 Å². The number of esters is 1. The zero-order valence-electron chi connectivity index (χ0n) is 11.8. The van der Waals surface area contributed by atoms with Crippen LogP contribution in [0.2, 0.25) is 0 Å². The van der Waals surface area contributed by atoms with E-state index in [4.69, 9.17) is 4.74 Å². The Kier molecular flexibility index (Phi) is 3.84. The molecule has 1 unspecified atom stereocenters. The fraction of sp³-hybridized carbons (Fsp3) is 0.375. The SMILES string of the molecule is COC(=O)C(c1ccc2nc(C)ccc2c1)C(C)C. The van der Waals surface area contributed by atoms with Gasteiger partial charge in [0.05, 0.1) is 18.5 Å². The van der Waals surface area contributed by atoms with E-state index in [9.17, 15) is 4.79 Å². The second kappa shape index (κ2) is 5.39. The molecule has 1 aromatic heterocycles. The molecule has 0 bridgehead atoms. The predicted octanol–water partition coefficient (Wildman–Crippen LogP) is 3.46. The summed E-state index contributed by atoms with van der Waals surface area (Å²) in [5.41, 5.74) is 2.93. The normalized spacial score (nSPS) is 12.7. The van der Waals surface area contributed by atoms with E-state index in [2.05, 4.69) is 4.98 Å². The van der Waals surface area contributed by atoms with Crippen molar-refractivity contribution in [3.05, 3.63) is 41.6 Å². The van der Waals surface area contributed by atoms with Gasteiger partial charge in [-0.15, -0.1) is 0 Å². The van der Waals surface area contributed by atoms with Gasteiger partial charge in [0.15, 0.2) is 0 Å². The fourth-order valence-electron chi connectivity index (χ4n) is 2.36. The van der Waals surface area contributed by atoms with Crippen molar-refractivity contribution >= 4 is 16.9 Å². The van der Waals surface area contributed by atoms with Crippen molar-refractivity contribution in [1.29, 1.82) is 0 Å². The van der Waals surface area contributed by atoms with Gasteiger partial charge in [0.25, 0.3) is 0 Å². The van der Waals surface area contributed by atoms with E-state index in [1.54, 1.807) is 0 Å². The summed E-state index contributed by atoms with van der Waals surface area (Å²) in [6.07, 6.45) is 0. The van der Waals surface area contributed by atoms with Crippen LogP contribution in [0.15, 0.2) is 30.3 Å². The molecule has 100 valence electrons. The molecule has 1 atom stereocenters. The molecular formula is C16H19NO2. The summed E-state index contributed by atoms with van der Waals surface area (Å²) in [7, 11) is 1.43. The van der Waals surface area contributed by atoms with Gasteiger partial charge in [-0.05, 0) is 36.6 Å². The number of carbonyl (C=O) groups excluding carboxylic acids is 1. The van der Waals surface area contributed by atoms with Gasteiger partial charge in [-0.3, -0.25) is 9.78 Å². The summed E-state index contributed by atoms with van der Waals surface area (Å²) in [4.78, 5) is 16.4. The van der Waals surface area contributed by atoms with Crippen LogP contribution in [0.4, 0.5) is 0 Å². The number of aryl methyl sites for hydroxylation is 1. The molecule has 3 heteroatoms. The number of benzene rings is 1. The highest BCUT2D eigenvalue weighted by molar-refractivity contribution is 5.83. The number of ether oxygens (including phenoxy) is 1. The van der Waals surface area contributed by atoms with Crippen LogP contribution >= 0.6 is 0 Å². The number of rotatable bonds is 3. The zero-order valence-corrected chi connectivity index (χ0v) is 11.8. The van der Waals surface area contributed by atoms with Crippen molar-refractivity contribution in [2.45, 2.75) is 26.7 Å². The highest BCUT2D eigenvalue weighted by atomic mass is 16.5. The van der Waals surface area contributed by atoms with Gasteiger partial charge in [-0.25, -0.2) is 0 Å². The minimum atomic E-state index is -0.226. The van der Waals surface area contributed by atoms with Crippen molar-refractivity contribution < 1.29 is 9.53 Å². The zero-order chi connectivity index (χ0) is 14.0. The van der Waals surface area contributed by atoms with Crippen LogP contribution in [0.1, 0.15) is 31.0 Å². The largest absolute Gasteiger partial charge is 0.469 e. The molecule has 0 saturated heterocycles. The molecule has 1 heterocycles. The van der Waals surface area contributed by atoms with E-state index < -0.39 is 0 Å². The Morgan fingerprint density at radius 1 is 1.21 bits per heavy atom. The van der Waals surface area contributed by atoms with Gasteiger partial charge in [0.2, 0.25) is 0 Å². The highest BCUT2D eigenvalue weighted by Crippen LogP contribution is 2.28. The molecule has 2 aromatic rings. The molecule has 0 aliphatic carbocycles. The lowest BCUT2D eigenvalue weighted by atomic mass is 9.88. The third-order valence-corrected chi connectivity index (χ3v) is 3.33. The van der Waals surface area contributed by atoms with E-state index in [0.717, 1.165) is 22.2 Å². The minimum absolute atomic E-state index is 0.186. The standard InChI is InChI=1S/C16H19NO2/c1-10(2)15(16(18)19-4)13-7-8-14-12(9-13)6-5-11(3)17-14/h5-10,15H,1-4H3. The first-order valence-electron chi connectivity index (χ1n) is 6.48. The quantitative estimate of drug-likeness (QED) is 0.790. The number of hydrogen-bond acceptors (Lipinski definition) is 3. The Labute approximate surface area is 113 Å². The first-order chi connectivity index (χ1) is 9.02. The van der Waals surface area contributed by atoms with Crippen molar-refractivity contribution in [3.8, 4) is 0 Å². The highest BCUT2D eigenvalue weighted by Gasteiger charge is 2.25. The monoisotopic (exact) mass is 257 g/mol. The van der Waals surface area contributed by atoms with E-state index in [-0.39, 0.29) is 17.8 Å². The average Bonchev–Trinajstić information content (AvgIpc) is 2.38. The molecule has 0 aliphatic rings. The third-order valence-electron chi connectivity index (χ3n) is 3.33. The Morgan fingerprint density at radius 3 is 2.58 bits per heavy atom. The minimum Gasteiger partial charge on any atom is -0.469 e. The molecule has 0 amide bonds. The summed E-state index contributed by atoms with van der Waals surface area (Å²) >= 11 is 0. The molecule has 1 aromatic carbocycles. The van der Waals surface area contributed by atoms with Gasteiger partial charge in [0, 0.05) is 11.1 Å². The predicted molar refractivity (Wildman–Crippen MR) is 76.1 cm³/mol. The van der Waals surface area contributed by atoms with E-state index in [1.807, 2.05) is 51.1 Å². The maximum atomic E-state index is 11.9. The van der Waals surface area contributed by atoms with Crippen LogP contribution in [0.5, 0.6) is 0 Å². The number of fused-ring (bicyclic) bond motifs is 1. The van der Waals surface area contributed by atoms with Gasteiger partial charge < -0.3 is 4.74 Å². The van der Waals surface area contributed by atoms with E-state index in [0.29, 0.717) is 0 Å². The number of aromatic nitrogens is 1. The Bertz CT molecular complexity index is 605. The van der Waals surface area contributed by atoms with Gasteiger partial charge >= 0.3 is 5.97 Å². The molecule has 19 heavy (non-hydrogen) atoms. The lowest BCUT2D eigenvalue weighted by molar-refractivity contribution is -0.143. The van der Waals surface area contributed by atoms with E-state index >= 15 is 0 Å². The number of hydrogen-bond donors (Lipinski definition) is 0. The Morgan fingerprint density at radius 2 is 1.95 bits per heavy atom. The molecule has 0 spiro atoms. The van der Waals surface area contributed by atoms with Crippen LogP contribution in [0.3, 0.4) is 0 Å².